The van der Waals surface area contributed by atoms with E-state index in [2.05, 4.69) is 5.32 Å². The Morgan fingerprint density at radius 2 is 1.74 bits per heavy atom. The number of halogens is 1. The van der Waals surface area contributed by atoms with Crippen molar-refractivity contribution in [3.8, 4) is 5.75 Å². The summed E-state index contributed by atoms with van der Waals surface area (Å²) < 4.78 is 5.82. The smallest absolute Gasteiger partial charge is 0.261 e. The third kappa shape index (κ3) is 7.59. The second kappa shape index (κ2) is 10.7. The van der Waals surface area contributed by atoms with E-state index in [1.54, 1.807) is 17.0 Å². The van der Waals surface area contributed by atoms with Crippen LogP contribution in [0.2, 0.25) is 5.02 Å². The Labute approximate surface area is 190 Å². The highest BCUT2D eigenvalue weighted by molar-refractivity contribution is 6.30. The van der Waals surface area contributed by atoms with E-state index in [4.69, 9.17) is 16.3 Å². The number of hydrogen-bond acceptors (Lipinski definition) is 3. The Bertz CT molecular complexity index is 904. The van der Waals surface area contributed by atoms with Crippen LogP contribution in [0.25, 0.3) is 0 Å². The van der Waals surface area contributed by atoms with Gasteiger partial charge in [0.05, 0.1) is 0 Å². The van der Waals surface area contributed by atoms with Gasteiger partial charge in [0, 0.05) is 17.1 Å². The van der Waals surface area contributed by atoms with Crippen molar-refractivity contribution in [1.29, 1.82) is 0 Å². The highest BCUT2D eigenvalue weighted by atomic mass is 35.5. The van der Waals surface area contributed by atoms with E-state index in [0.29, 0.717) is 23.7 Å². The van der Waals surface area contributed by atoms with Crippen LogP contribution in [0.5, 0.6) is 5.75 Å². The number of carbonyl (C=O) groups excluding carboxylic acids is 2. The van der Waals surface area contributed by atoms with Gasteiger partial charge < -0.3 is 15.0 Å². The van der Waals surface area contributed by atoms with E-state index < -0.39 is 11.6 Å². The van der Waals surface area contributed by atoms with Gasteiger partial charge in [-0.25, -0.2) is 0 Å². The maximum Gasteiger partial charge on any atom is 0.261 e. The van der Waals surface area contributed by atoms with Gasteiger partial charge in [-0.15, -0.1) is 0 Å². The number of benzene rings is 2. The Balaban J connectivity index is 2.24. The maximum atomic E-state index is 13.2. The maximum absolute atomic E-state index is 13.2. The quantitative estimate of drug-likeness (QED) is 0.619. The number of hydrogen-bond donors (Lipinski definition) is 1. The van der Waals surface area contributed by atoms with Gasteiger partial charge in [0.15, 0.2) is 6.61 Å². The summed E-state index contributed by atoms with van der Waals surface area (Å²) in [6, 6.07) is 12.5. The van der Waals surface area contributed by atoms with Gasteiger partial charge in [0.2, 0.25) is 5.91 Å². The lowest BCUT2D eigenvalue weighted by molar-refractivity contribution is -0.143. The molecule has 1 N–H and O–H groups in total. The van der Waals surface area contributed by atoms with Gasteiger partial charge in [-0.2, -0.15) is 0 Å². The minimum absolute atomic E-state index is 0.142. The lowest BCUT2D eigenvalue weighted by Crippen LogP contribution is -2.54. The minimum Gasteiger partial charge on any atom is -0.483 e. The first kappa shape index (κ1) is 24.7. The second-order valence-electron chi connectivity index (χ2n) is 8.87. The third-order valence-electron chi connectivity index (χ3n) is 4.83. The lowest BCUT2D eigenvalue weighted by Gasteiger charge is -2.33. The predicted octanol–water partition coefficient (Wildman–Crippen LogP) is 5.06. The molecule has 5 nitrogen and oxygen atoms in total. The van der Waals surface area contributed by atoms with E-state index in [1.807, 2.05) is 71.9 Å². The number of amides is 2. The lowest BCUT2D eigenvalue weighted by atomic mass is 10.1. The van der Waals surface area contributed by atoms with E-state index >= 15 is 0 Å². The first-order valence-electron chi connectivity index (χ1n) is 10.6. The molecule has 2 amide bonds. The average Bonchev–Trinajstić information content (AvgIpc) is 2.67. The van der Waals surface area contributed by atoms with E-state index in [1.165, 1.54) is 0 Å². The van der Waals surface area contributed by atoms with Crippen molar-refractivity contribution in [1.82, 2.24) is 10.2 Å². The van der Waals surface area contributed by atoms with Gasteiger partial charge in [-0.1, -0.05) is 48.4 Å². The van der Waals surface area contributed by atoms with Crippen LogP contribution in [-0.2, 0) is 16.1 Å². The van der Waals surface area contributed by atoms with Crippen LogP contribution in [0.15, 0.2) is 42.5 Å². The second-order valence-corrected chi connectivity index (χ2v) is 9.31. The number of ether oxygens (including phenoxy) is 1. The fourth-order valence-electron chi connectivity index (χ4n) is 3.34. The standard InChI is InChI=1S/C25H33ClN2O3/c1-7-21(24(30)27-25(4,5)6)28(15-19-9-11-20(26)12-10-19)23(29)16-31-22-13-8-17(2)14-18(22)3/h8-14,21H,7,15-16H2,1-6H3,(H,27,30)/t21-/m0/s1. The summed E-state index contributed by atoms with van der Waals surface area (Å²) in [4.78, 5) is 27.8. The van der Waals surface area contributed by atoms with Gasteiger partial charge in [-0.3, -0.25) is 9.59 Å². The van der Waals surface area contributed by atoms with Gasteiger partial charge >= 0.3 is 0 Å². The molecule has 6 heteroatoms. The normalized spacial score (nSPS) is 12.2. The summed E-state index contributed by atoms with van der Waals surface area (Å²) in [6.45, 7) is 11.8. The third-order valence-corrected chi connectivity index (χ3v) is 5.08. The molecule has 0 aromatic heterocycles. The summed E-state index contributed by atoms with van der Waals surface area (Å²) in [6.07, 6.45) is 0.491. The zero-order valence-corrected chi connectivity index (χ0v) is 20.0. The van der Waals surface area contributed by atoms with Crippen LogP contribution in [0.4, 0.5) is 0 Å². The summed E-state index contributed by atoms with van der Waals surface area (Å²) in [5, 5.41) is 3.62. The Hall–Kier alpha value is -2.53. The summed E-state index contributed by atoms with van der Waals surface area (Å²) in [7, 11) is 0. The van der Waals surface area contributed by atoms with Crippen LogP contribution < -0.4 is 10.1 Å². The molecule has 168 valence electrons. The monoisotopic (exact) mass is 444 g/mol. The molecule has 0 aliphatic carbocycles. The van der Waals surface area contributed by atoms with Crippen molar-refractivity contribution in [3.05, 3.63) is 64.2 Å². The van der Waals surface area contributed by atoms with Crippen molar-refractivity contribution in [3.63, 3.8) is 0 Å². The number of nitrogens with zero attached hydrogens (tertiary/aromatic N) is 1. The molecule has 0 saturated heterocycles. The molecule has 2 aromatic carbocycles. The van der Waals surface area contributed by atoms with Crippen LogP contribution in [0.1, 0.15) is 50.8 Å². The molecule has 0 saturated carbocycles. The highest BCUT2D eigenvalue weighted by Crippen LogP contribution is 2.20. The van der Waals surface area contributed by atoms with Crippen LogP contribution in [-0.4, -0.2) is 34.9 Å². The van der Waals surface area contributed by atoms with Crippen molar-refractivity contribution in [2.75, 3.05) is 6.61 Å². The molecule has 0 radical (unpaired) electrons. The number of aryl methyl sites for hydroxylation is 2. The molecule has 0 fully saturated rings. The van der Waals surface area contributed by atoms with Crippen LogP contribution >= 0.6 is 11.6 Å². The molecule has 0 bridgehead atoms. The number of nitrogens with one attached hydrogen (secondary N) is 1. The molecule has 0 aliphatic rings. The van der Waals surface area contributed by atoms with Gasteiger partial charge in [0.25, 0.3) is 5.91 Å². The van der Waals surface area contributed by atoms with E-state index in [0.717, 1.165) is 16.7 Å². The molecular weight excluding hydrogens is 412 g/mol. The fraction of sp³-hybridized carbons (Fsp3) is 0.440. The molecule has 0 spiro atoms. The topological polar surface area (TPSA) is 58.6 Å². The Kier molecular flexibility index (Phi) is 8.52. The van der Waals surface area contributed by atoms with E-state index in [-0.39, 0.29) is 18.4 Å². The first-order chi connectivity index (χ1) is 14.5. The predicted molar refractivity (Wildman–Crippen MR) is 125 cm³/mol. The van der Waals surface area contributed by atoms with Gasteiger partial charge in [-0.05, 0) is 70.4 Å². The van der Waals surface area contributed by atoms with E-state index in [9.17, 15) is 9.59 Å². The van der Waals surface area contributed by atoms with Crippen LogP contribution in [0, 0.1) is 13.8 Å². The van der Waals surface area contributed by atoms with Crippen molar-refractivity contribution >= 4 is 23.4 Å². The summed E-state index contributed by atoms with van der Waals surface area (Å²) in [5.74, 6) is 0.243. The summed E-state index contributed by atoms with van der Waals surface area (Å²) >= 11 is 6.00. The fourth-order valence-corrected chi connectivity index (χ4v) is 3.47. The minimum atomic E-state index is -0.606. The average molecular weight is 445 g/mol. The molecule has 0 aliphatic heterocycles. The zero-order valence-electron chi connectivity index (χ0n) is 19.3. The molecule has 31 heavy (non-hydrogen) atoms. The SMILES string of the molecule is CC[C@@H](C(=O)NC(C)(C)C)N(Cc1ccc(Cl)cc1)C(=O)COc1ccc(C)cc1C. The molecule has 1 atom stereocenters. The highest BCUT2D eigenvalue weighted by Gasteiger charge is 2.31. The molecule has 2 aromatic rings. The Morgan fingerprint density at radius 3 is 2.29 bits per heavy atom. The molecular formula is C25H33ClN2O3. The Morgan fingerprint density at radius 1 is 1.10 bits per heavy atom. The van der Waals surface area contributed by atoms with Crippen molar-refractivity contribution < 1.29 is 14.3 Å². The largest absolute Gasteiger partial charge is 0.483 e. The molecule has 0 heterocycles. The summed E-state index contributed by atoms with van der Waals surface area (Å²) in [5.41, 5.74) is 2.60. The molecule has 2 rings (SSSR count). The van der Waals surface area contributed by atoms with Gasteiger partial charge in [0.1, 0.15) is 11.8 Å². The first-order valence-corrected chi connectivity index (χ1v) is 10.9. The zero-order chi connectivity index (χ0) is 23.2. The molecule has 0 unspecified atom stereocenters. The number of carbonyl (C=O) groups is 2. The van der Waals surface area contributed by atoms with Crippen LogP contribution in [0.3, 0.4) is 0 Å². The van der Waals surface area contributed by atoms with Crippen molar-refractivity contribution in [2.45, 2.75) is 66.1 Å². The van der Waals surface area contributed by atoms with Crippen molar-refractivity contribution in [2.24, 2.45) is 0 Å². The number of rotatable bonds is 8.